The highest BCUT2D eigenvalue weighted by Crippen LogP contribution is 2.42. The van der Waals surface area contributed by atoms with Crippen LogP contribution in [0, 0.1) is 0 Å². The van der Waals surface area contributed by atoms with Gasteiger partial charge in [0.1, 0.15) is 0 Å². The maximum atomic E-state index is 5.36. The first-order valence-corrected chi connectivity index (χ1v) is 20.2. The van der Waals surface area contributed by atoms with Gasteiger partial charge in [0.15, 0.2) is 5.82 Å². The molecule has 0 aliphatic heterocycles. The van der Waals surface area contributed by atoms with E-state index in [9.17, 15) is 0 Å². The highest BCUT2D eigenvalue weighted by Gasteiger charge is 2.21. The fourth-order valence-electron chi connectivity index (χ4n) is 8.35. The predicted molar refractivity (Wildman–Crippen MR) is 248 cm³/mol. The molecule has 0 spiro atoms. The maximum absolute atomic E-state index is 5.36. The summed E-state index contributed by atoms with van der Waals surface area (Å²) in [6.45, 7) is 0. The van der Waals surface area contributed by atoms with E-state index in [1.165, 1.54) is 0 Å². The molecule has 4 nitrogen and oxygen atoms in total. The normalized spacial score (nSPS) is 11.3. The molecule has 3 heterocycles. The SMILES string of the molecule is c1ccc(-c2ccc3c(ccc4c5cc(-c6ccc(-c7c(-c8ccccc8)nc(-c8ccccc8)nc7-c7ccccc7)cc6)ccc5nc(-c5ccccc5)c34)n2)cc1. The number of benzene rings is 8. The van der Waals surface area contributed by atoms with E-state index in [-0.39, 0.29) is 0 Å². The molecular weight excluding hydrogens is 729 g/mol. The Balaban J connectivity index is 1.07. The lowest BCUT2D eigenvalue weighted by atomic mass is 9.92. The van der Waals surface area contributed by atoms with Crippen LogP contribution < -0.4 is 0 Å². The Hall–Kier alpha value is -8.08. The molecule has 0 saturated heterocycles. The van der Waals surface area contributed by atoms with E-state index in [0.717, 1.165) is 105 Å². The third-order valence-electron chi connectivity index (χ3n) is 11.3. The largest absolute Gasteiger partial charge is 0.248 e. The molecule has 3 aromatic heterocycles. The minimum Gasteiger partial charge on any atom is -0.248 e. The molecule has 0 atom stereocenters. The van der Waals surface area contributed by atoms with E-state index in [2.05, 4.69) is 176 Å². The third kappa shape index (κ3) is 6.37. The molecule has 4 heteroatoms. The number of hydrogen-bond donors (Lipinski definition) is 0. The van der Waals surface area contributed by atoms with E-state index >= 15 is 0 Å². The van der Waals surface area contributed by atoms with Crippen LogP contribution >= 0.6 is 0 Å². The van der Waals surface area contributed by atoms with Crippen LogP contribution in [-0.2, 0) is 0 Å². The molecule has 0 fully saturated rings. The average molecular weight is 765 g/mol. The molecule has 0 radical (unpaired) electrons. The van der Waals surface area contributed by atoms with Crippen molar-refractivity contribution in [3.63, 3.8) is 0 Å². The fourth-order valence-corrected chi connectivity index (χ4v) is 8.35. The molecule has 0 unspecified atom stereocenters. The molecule has 280 valence electrons. The minimum absolute atomic E-state index is 0.696. The van der Waals surface area contributed by atoms with Crippen LogP contribution in [0.15, 0.2) is 218 Å². The summed E-state index contributed by atoms with van der Waals surface area (Å²) < 4.78 is 0. The summed E-state index contributed by atoms with van der Waals surface area (Å²) in [5.41, 5.74) is 15.1. The summed E-state index contributed by atoms with van der Waals surface area (Å²) >= 11 is 0. The van der Waals surface area contributed by atoms with Gasteiger partial charge in [-0.25, -0.2) is 19.9 Å². The first-order valence-electron chi connectivity index (χ1n) is 20.2. The molecule has 0 aliphatic rings. The number of hydrogen-bond acceptors (Lipinski definition) is 4. The molecule has 8 aromatic carbocycles. The number of rotatable bonds is 7. The maximum Gasteiger partial charge on any atom is 0.160 e. The van der Waals surface area contributed by atoms with Gasteiger partial charge in [-0.15, -0.1) is 0 Å². The molecule has 0 aliphatic carbocycles. The summed E-state index contributed by atoms with van der Waals surface area (Å²) in [5, 5.41) is 4.43. The Morgan fingerprint density at radius 1 is 0.250 bits per heavy atom. The van der Waals surface area contributed by atoms with Crippen LogP contribution in [0.25, 0.3) is 111 Å². The van der Waals surface area contributed by atoms with Gasteiger partial charge in [0.05, 0.1) is 33.8 Å². The monoisotopic (exact) mass is 764 g/mol. The first-order chi connectivity index (χ1) is 29.7. The van der Waals surface area contributed by atoms with Crippen molar-refractivity contribution in [2.45, 2.75) is 0 Å². The summed E-state index contributed by atoms with van der Waals surface area (Å²) in [6.07, 6.45) is 0. The van der Waals surface area contributed by atoms with E-state index in [4.69, 9.17) is 19.9 Å². The van der Waals surface area contributed by atoms with Gasteiger partial charge >= 0.3 is 0 Å². The Bertz CT molecular complexity index is 3260. The first kappa shape index (κ1) is 35.1. The molecule has 0 amide bonds. The third-order valence-corrected chi connectivity index (χ3v) is 11.3. The summed E-state index contributed by atoms with van der Waals surface area (Å²) in [5.74, 6) is 0.696. The zero-order valence-electron chi connectivity index (χ0n) is 32.6. The Labute approximate surface area is 348 Å². The Kier molecular flexibility index (Phi) is 8.79. The van der Waals surface area contributed by atoms with Crippen LogP contribution in [0.1, 0.15) is 0 Å². The molecule has 11 rings (SSSR count). The molecule has 60 heavy (non-hydrogen) atoms. The van der Waals surface area contributed by atoms with Crippen molar-refractivity contribution in [3.05, 3.63) is 218 Å². The number of aromatic nitrogens is 4. The molecule has 0 saturated carbocycles. The second-order valence-electron chi connectivity index (χ2n) is 15.0. The number of pyridine rings is 2. The van der Waals surface area contributed by atoms with Crippen molar-refractivity contribution in [2.75, 3.05) is 0 Å². The van der Waals surface area contributed by atoms with Crippen molar-refractivity contribution >= 4 is 32.6 Å². The Morgan fingerprint density at radius 2 is 0.700 bits per heavy atom. The quantitative estimate of drug-likeness (QED) is 0.152. The van der Waals surface area contributed by atoms with Crippen LogP contribution in [0.4, 0.5) is 0 Å². The van der Waals surface area contributed by atoms with Crippen molar-refractivity contribution < 1.29 is 0 Å². The van der Waals surface area contributed by atoms with Gasteiger partial charge in [-0.1, -0.05) is 188 Å². The minimum atomic E-state index is 0.696. The van der Waals surface area contributed by atoms with Gasteiger partial charge in [-0.05, 0) is 52.4 Å². The smallest absolute Gasteiger partial charge is 0.160 e. The summed E-state index contributed by atoms with van der Waals surface area (Å²) in [7, 11) is 0. The molecular formula is C56H36N4. The summed E-state index contributed by atoms with van der Waals surface area (Å²) in [6, 6.07) is 76.1. The van der Waals surface area contributed by atoms with Gasteiger partial charge in [-0.3, -0.25) is 0 Å². The van der Waals surface area contributed by atoms with Crippen molar-refractivity contribution in [1.29, 1.82) is 0 Å². The van der Waals surface area contributed by atoms with Crippen LogP contribution in [0.5, 0.6) is 0 Å². The van der Waals surface area contributed by atoms with Crippen LogP contribution in [0.3, 0.4) is 0 Å². The molecule has 11 aromatic rings. The van der Waals surface area contributed by atoms with Crippen LogP contribution in [0.2, 0.25) is 0 Å². The standard InChI is InChI=1S/C56H36N4/c1-6-16-38(17-7-1)48-34-32-46-49(57-48)35-31-45-47-36-44(30-33-50(47)58-55(52(45)46)42-22-12-4-13-23-42)37-26-28-39(29-27-37)51-53(40-18-8-2-9-19-40)59-56(43-24-14-5-15-25-43)60-54(51)41-20-10-3-11-21-41/h1-36H. The lowest BCUT2D eigenvalue weighted by Crippen LogP contribution is -2.00. The van der Waals surface area contributed by atoms with Gasteiger partial charge in [-0.2, -0.15) is 0 Å². The Morgan fingerprint density at radius 3 is 1.28 bits per heavy atom. The predicted octanol–water partition coefficient (Wildman–Crippen LogP) is 14.4. The van der Waals surface area contributed by atoms with Crippen molar-refractivity contribution in [1.82, 2.24) is 19.9 Å². The van der Waals surface area contributed by atoms with Gasteiger partial charge in [0.25, 0.3) is 0 Å². The highest BCUT2D eigenvalue weighted by molar-refractivity contribution is 6.21. The second kappa shape index (κ2) is 15.0. The average Bonchev–Trinajstić information content (AvgIpc) is 3.34. The van der Waals surface area contributed by atoms with Crippen LogP contribution in [-0.4, -0.2) is 19.9 Å². The lowest BCUT2D eigenvalue weighted by Gasteiger charge is -2.17. The number of fused-ring (bicyclic) bond motifs is 5. The molecule has 0 bridgehead atoms. The highest BCUT2D eigenvalue weighted by atomic mass is 14.9. The van der Waals surface area contributed by atoms with E-state index in [0.29, 0.717) is 5.82 Å². The number of nitrogens with zero attached hydrogens (tertiary/aromatic N) is 4. The van der Waals surface area contributed by atoms with E-state index in [1.54, 1.807) is 0 Å². The topological polar surface area (TPSA) is 51.6 Å². The van der Waals surface area contributed by atoms with E-state index in [1.807, 2.05) is 42.5 Å². The van der Waals surface area contributed by atoms with Crippen molar-refractivity contribution in [3.8, 4) is 78.7 Å². The van der Waals surface area contributed by atoms with Gasteiger partial charge in [0.2, 0.25) is 0 Å². The van der Waals surface area contributed by atoms with Gasteiger partial charge < -0.3 is 0 Å². The van der Waals surface area contributed by atoms with Gasteiger partial charge in [0, 0.05) is 49.5 Å². The lowest BCUT2D eigenvalue weighted by molar-refractivity contribution is 1.18. The van der Waals surface area contributed by atoms with Crippen molar-refractivity contribution in [2.24, 2.45) is 0 Å². The summed E-state index contributed by atoms with van der Waals surface area (Å²) in [4.78, 5) is 21.0. The van der Waals surface area contributed by atoms with E-state index < -0.39 is 0 Å². The zero-order chi connectivity index (χ0) is 39.8. The second-order valence-corrected chi connectivity index (χ2v) is 15.0. The zero-order valence-corrected chi connectivity index (χ0v) is 32.6. The molecule has 0 N–H and O–H groups in total. The fraction of sp³-hybridized carbons (Fsp3) is 0.